The molecule has 2 aliphatic rings. The van der Waals surface area contributed by atoms with E-state index in [4.69, 9.17) is 0 Å². The number of nitrogens with zero attached hydrogens (tertiary/aromatic N) is 2. The first kappa shape index (κ1) is 14.3. The van der Waals surface area contributed by atoms with Crippen molar-refractivity contribution in [1.82, 2.24) is 14.6 Å². The molecule has 0 aromatic carbocycles. The van der Waals surface area contributed by atoms with Crippen molar-refractivity contribution in [3.63, 3.8) is 0 Å². The highest BCUT2D eigenvalue weighted by Gasteiger charge is 2.39. The second-order valence-corrected chi connectivity index (χ2v) is 8.91. The predicted octanol–water partition coefficient (Wildman–Crippen LogP) is 1.65. The predicted molar refractivity (Wildman–Crippen MR) is 85.3 cm³/mol. The summed E-state index contributed by atoms with van der Waals surface area (Å²) >= 11 is 1.28. The molecular weight excluding hydrogens is 318 g/mol. The minimum atomic E-state index is -3.43. The molecule has 0 amide bonds. The standard InChI is InChI=1S/C15H17N3O2S2/c19-22(20,14-4-2-6-21-14)18-9-11-3-1-5-17-15(11)13-8-16-7-12(13)10-18/h1-6,12-13,16H,7-10H2/t12-,13+/m0/s1. The second-order valence-electron chi connectivity index (χ2n) is 5.80. The summed E-state index contributed by atoms with van der Waals surface area (Å²) in [5, 5.41) is 5.19. The van der Waals surface area contributed by atoms with Crippen LogP contribution in [0, 0.1) is 5.92 Å². The third-order valence-electron chi connectivity index (χ3n) is 4.49. The van der Waals surface area contributed by atoms with Gasteiger partial charge in [-0.2, -0.15) is 4.31 Å². The van der Waals surface area contributed by atoms with E-state index < -0.39 is 10.0 Å². The highest BCUT2D eigenvalue weighted by Crippen LogP contribution is 2.35. The van der Waals surface area contributed by atoms with Crippen molar-refractivity contribution >= 4 is 21.4 Å². The molecule has 0 aliphatic carbocycles. The highest BCUT2D eigenvalue weighted by molar-refractivity contribution is 7.91. The second kappa shape index (κ2) is 5.42. The third kappa shape index (κ3) is 2.28. The van der Waals surface area contributed by atoms with Crippen molar-refractivity contribution in [3.05, 3.63) is 47.1 Å². The molecule has 4 heterocycles. The van der Waals surface area contributed by atoms with Crippen molar-refractivity contribution in [3.8, 4) is 0 Å². The first-order chi connectivity index (χ1) is 10.7. The molecule has 2 aromatic heterocycles. The van der Waals surface area contributed by atoms with Gasteiger partial charge >= 0.3 is 0 Å². The zero-order chi connectivity index (χ0) is 15.2. The highest BCUT2D eigenvalue weighted by atomic mass is 32.2. The van der Waals surface area contributed by atoms with E-state index in [9.17, 15) is 8.42 Å². The van der Waals surface area contributed by atoms with Crippen LogP contribution in [0.2, 0.25) is 0 Å². The van der Waals surface area contributed by atoms with Crippen LogP contribution in [0.4, 0.5) is 0 Å². The maximum Gasteiger partial charge on any atom is 0.252 e. The number of nitrogens with one attached hydrogen (secondary N) is 1. The molecule has 5 nitrogen and oxygen atoms in total. The van der Waals surface area contributed by atoms with Crippen LogP contribution in [0.3, 0.4) is 0 Å². The number of rotatable bonds is 2. The number of hydrogen-bond donors (Lipinski definition) is 1. The smallest absolute Gasteiger partial charge is 0.252 e. The van der Waals surface area contributed by atoms with E-state index >= 15 is 0 Å². The van der Waals surface area contributed by atoms with Gasteiger partial charge in [-0.05, 0) is 35.5 Å². The zero-order valence-electron chi connectivity index (χ0n) is 12.0. The van der Waals surface area contributed by atoms with Gasteiger partial charge in [0, 0.05) is 37.4 Å². The first-order valence-electron chi connectivity index (χ1n) is 7.34. The van der Waals surface area contributed by atoms with Crippen LogP contribution in [0.15, 0.2) is 40.1 Å². The molecule has 0 spiro atoms. The van der Waals surface area contributed by atoms with Gasteiger partial charge in [0.05, 0.1) is 0 Å². The summed E-state index contributed by atoms with van der Waals surface area (Å²) in [5.74, 6) is 0.589. The molecule has 0 radical (unpaired) electrons. The van der Waals surface area contributed by atoms with E-state index in [0.717, 1.165) is 24.3 Å². The fourth-order valence-electron chi connectivity index (χ4n) is 3.40. The maximum atomic E-state index is 12.9. The Hall–Kier alpha value is -1.28. The van der Waals surface area contributed by atoms with Crippen LogP contribution in [-0.4, -0.2) is 37.3 Å². The van der Waals surface area contributed by atoms with E-state index in [1.165, 1.54) is 11.3 Å². The molecule has 0 bridgehead atoms. The number of hydrogen-bond acceptors (Lipinski definition) is 5. The van der Waals surface area contributed by atoms with E-state index in [2.05, 4.69) is 10.3 Å². The molecule has 4 rings (SSSR count). The van der Waals surface area contributed by atoms with Crippen LogP contribution >= 0.6 is 11.3 Å². The van der Waals surface area contributed by atoms with Crippen LogP contribution < -0.4 is 5.32 Å². The summed E-state index contributed by atoms with van der Waals surface area (Å²) in [6, 6.07) is 7.35. The molecule has 2 aliphatic heterocycles. The van der Waals surface area contributed by atoms with Crippen molar-refractivity contribution in [2.45, 2.75) is 16.7 Å². The minimum absolute atomic E-state index is 0.283. The van der Waals surface area contributed by atoms with E-state index in [-0.39, 0.29) is 5.92 Å². The minimum Gasteiger partial charge on any atom is -0.316 e. The van der Waals surface area contributed by atoms with E-state index in [0.29, 0.717) is 23.2 Å². The van der Waals surface area contributed by atoms with Gasteiger partial charge in [-0.1, -0.05) is 12.1 Å². The van der Waals surface area contributed by atoms with Gasteiger partial charge < -0.3 is 5.32 Å². The summed E-state index contributed by atoms with van der Waals surface area (Å²) < 4.78 is 27.8. The van der Waals surface area contributed by atoms with Crippen LogP contribution in [0.5, 0.6) is 0 Å². The van der Waals surface area contributed by atoms with Gasteiger partial charge in [-0.3, -0.25) is 4.98 Å². The van der Waals surface area contributed by atoms with Crippen molar-refractivity contribution < 1.29 is 8.42 Å². The summed E-state index contributed by atoms with van der Waals surface area (Å²) in [6.45, 7) is 2.68. The van der Waals surface area contributed by atoms with Crippen molar-refractivity contribution in [1.29, 1.82) is 0 Å². The molecular formula is C15H17N3O2S2. The average Bonchev–Trinajstić information content (AvgIpc) is 3.17. The Morgan fingerprint density at radius 3 is 3.00 bits per heavy atom. The van der Waals surface area contributed by atoms with Gasteiger partial charge in [-0.25, -0.2) is 8.42 Å². The topological polar surface area (TPSA) is 62.3 Å². The lowest BCUT2D eigenvalue weighted by atomic mass is 9.91. The zero-order valence-corrected chi connectivity index (χ0v) is 13.6. The Morgan fingerprint density at radius 2 is 2.18 bits per heavy atom. The molecule has 2 aromatic rings. The summed E-state index contributed by atoms with van der Waals surface area (Å²) in [7, 11) is -3.43. The third-order valence-corrected chi connectivity index (χ3v) is 7.68. The van der Waals surface area contributed by atoms with Gasteiger partial charge in [0.25, 0.3) is 10.0 Å². The lowest BCUT2D eigenvalue weighted by Crippen LogP contribution is -2.34. The van der Waals surface area contributed by atoms with Crippen LogP contribution in [-0.2, 0) is 16.6 Å². The molecule has 1 saturated heterocycles. The first-order valence-corrected chi connectivity index (χ1v) is 9.66. The quantitative estimate of drug-likeness (QED) is 0.906. The number of thiophene rings is 1. The van der Waals surface area contributed by atoms with Gasteiger partial charge in [0.2, 0.25) is 0 Å². The summed E-state index contributed by atoms with van der Waals surface area (Å²) in [5.41, 5.74) is 2.08. The van der Waals surface area contributed by atoms with E-state index in [1.807, 2.05) is 12.1 Å². The van der Waals surface area contributed by atoms with Crippen LogP contribution in [0.25, 0.3) is 0 Å². The Bertz CT molecular complexity index is 774. The fourth-order valence-corrected chi connectivity index (χ4v) is 6.02. The molecule has 116 valence electrons. The number of pyridine rings is 1. The molecule has 1 fully saturated rings. The van der Waals surface area contributed by atoms with Gasteiger partial charge in [0.15, 0.2) is 0 Å². The fraction of sp³-hybridized carbons (Fsp3) is 0.400. The number of sulfonamides is 1. The molecule has 1 N–H and O–H groups in total. The number of fused-ring (bicyclic) bond motifs is 3. The summed E-state index contributed by atoms with van der Waals surface area (Å²) in [4.78, 5) is 4.54. The van der Waals surface area contributed by atoms with Crippen molar-refractivity contribution in [2.75, 3.05) is 19.6 Å². The monoisotopic (exact) mass is 335 g/mol. The van der Waals surface area contributed by atoms with E-state index in [1.54, 1.807) is 28.0 Å². The Kier molecular flexibility index (Phi) is 3.53. The molecule has 7 heteroatoms. The molecule has 0 unspecified atom stereocenters. The molecule has 2 atom stereocenters. The lowest BCUT2D eigenvalue weighted by molar-refractivity contribution is 0.350. The average molecular weight is 335 g/mol. The molecule has 22 heavy (non-hydrogen) atoms. The largest absolute Gasteiger partial charge is 0.316 e. The Morgan fingerprint density at radius 1 is 1.27 bits per heavy atom. The van der Waals surface area contributed by atoms with Gasteiger partial charge in [0.1, 0.15) is 4.21 Å². The van der Waals surface area contributed by atoms with Crippen LogP contribution in [0.1, 0.15) is 17.2 Å². The SMILES string of the molecule is O=S(=O)(c1cccs1)N1Cc2cccnc2[C@@H]2CNC[C@H]2C1. The lowest BCUT2D eigenvalue weighted by Gasteiger charge is -2.22. The Labute approximate surface area is 134 Å². The van der Waals surface area contributed by atoms with Gasteiger partial charge in [-0.15, -0.1) is 11.3 Å². The summed E-state index contributed by atoms with van der Waals surface area (Å²) in [6.07, 6.45) is 1.80. The normalized spacial score (nSPS) is 25.5. The van der Waals surface area contributed by atoms with Crippen molar-refractivity contribution in [2.24, 2.45) is 5.92 Å². The Balaban J connectivity index is 1.77. The number of aromatic nitrogens is 1. The molecule has 0 saturated carbocycles. The maximum absolute atomic E-state index is 12.9.